The Bertz CT molecular complexity index is 286. The van der Waals surface area contributed by atoms with Crippen molar-refractivity contribution < 1.29 is 0 Å². The summed E-state index contributed by atoms with van der Waals surface area (Å²) < 4.78 is 0. The fraction of sp³-hybridized carbons (Fsp3) is 0.500. The molecule has 2 nitrogen and oxygen atoms in total. The second-order valence-electron chi connectivity index (χ2n) is 4.27. The molecule has 1 N–H and O–H groups in total. The van der Waals surface area contributed by atoms with Crippen molar-refractivity contribution in [2.24, 2.45) is 5.92 Å². The molecule has 1 aromatic carbocycles. The molecule has 0 bridgehead atoms. The predicted molar refractivity (Wildman–Crippen MR) is 62.0 cm³/mol. The zero-order chi connectivity index (χ0) is 9.97. The summed E-state index contributed by atoms with van der Waals surface area (Å²) in [7, 11) is 4.12. The molecule has 0 unspecified atom stereocenters. The lowest BCUT2D eigenvalue weighted by molar-refractivity contribution is 0.889. The Kier molecular flexibility index (Phi) is 2.62. The van der Waals surface area contributed by atoms with E-state index < -0.39 is 0 Å². The average molecular weight is 190 g/mol. The van der Waals surface area contributed by atoms with Gasteiger partial charge >= 0.3 is 0 Å². The van der Waals surface area contributed by atoms with E-state index in [4.69, 9.17) is 0 Å². The first-order valence-electron chi connectivity index (χ1n) is 5.27. The third-order valence-corrected chi connectivity index (χ3v) is 2.68. The van der Waals surface area contributed by atoms with Crippen molar-refractivity contribution in [3.63, 3.8) is 0 Å². The molecule has 1 aliphatic carbocycles. The molecule has 1 fully saturated rings. The molecule has 0 spiro atoms. The van der Waals surface area contributed by atoms with E-state index in [2.05, 4.69) is 48.6 Å². The van der Waals surface area contributed by atoms with Gasteiger partial charge in [0.1, 0.15) is 0 Å². The SMILES string of the molecule is CN(C)c1ccc(NCC2CC2)cc1. The van der Waals surface area contributed by atoms with E-state index in [1.165, 1.54) is 24.2 Å². The van der Waals surface area contributed by atoms with E-state index >= 15 is 0 Å². The molecule has 0 amide bonds. The number of nitrogens with zero attached hydrogens (tertiary/aromatic N) is 1. The predicted octanol–water partition coefficient (Wildman–Crippen LogP) is 2.57. The van der Waals surface area contributed by atoms with Gasteiger partial charge in [0.25, 0.3) is 0 Å². The van der Waals surface area contributed by atoms with Gasteiger partial charge in [0.2, 0.25) is 0 Å². The first-order valence-corrected chi connectivity index (χ1v) is 5.27. The van der Waals surface area contributed by atoms with Crippen molar-refractivity contribution in [1.82, 2.24) is 0 Å². The maximum Gasteiger partial charge on any atom is 0.0362 e. The van der Waals surface area contributed by atoms with Gasteiger partial charge in [0.05, 0.1) is 0 Å². The molecule has 2 heteroatoms. The van der Waals surface area contributed by atoms with E-state index in [9.17, 15) is 0 Å². The molecule has 0 heterocycles. The Balaban J connectivity index is 1.91. The molecule has 0 radical (unpaired) electrons. The summed E-state index contributed by atoms with van der Waals surface area (Å²) in [5, 5.41) is 3.45. The van der Waals surface area contributed by atoms with E-state index in [1.54, 1.807) is 0 Å². The van der Waals surface area contributed by atoms with Crippen LogP contribution in [0, 0.1) is 5.92 Å². The number of benzene rings is 1. The van der Waals surface area contributed by atoms with E-state index in [0.29, 0.717) is 0 Å². The molecule has 0 saturated heterocycles. The highest BCUT2D eigenvalue weighted by atomic mass is 15.1. The van der Waals surface area contributed by atoms with E-state index in [-0.39, 0.29) is 0 Å². The molecule has 0 aliphatic heterocycles. The van der Waals surface area contributed by atoms with Gasteiger partial charge in [-0.3, -0.25) is 0 Å². The van der Waals surface area contributed by atoms with Crippen LogP contribution in [-0.4, -0.2) is 20.6 Å². The molecule has 1 aliphatic rings. The maximum absolute atomic E-state index is 3.45. The Morgan fingerprint density at radius 1 is 1.21 bits per heavy atom. The fourth-order valence-corrected chi connectivity index (χ4v) is 1.46. The number of nitrogens with one attached hydrogen (secondary N) is 1. The number of anilines is 2. The lowest BCUT2D eigenvalue weighted by Crippen LogP contribution is -2.08. The highest BCUT2D eigenvalue weighted by molar-refractivity contribution is 5.54. The molecule has 1 saturated carbocycles. The van der Waals surface area contributed by atoms with Crippen molar-refractivity contribution in [2.45, 2.75) is 12.8 Å². The summed E-state index contributed by atoms with van der Waals surface area (Å²) in [5.74, 6) is 0.934. The van der Waals surface area contributed by atoms with Gasteiger partial charge in [0.15, 0.2) is 0 Å². The van der Waals surface area contributed by atoms with Crippen molar-refractivity contribution in [3.8, 4) is 0 Å². The second kappa shape index (κ2) is 3.91. The summed E-state index contributed by atoms with van der Waals surface area (Å²) in [6, 6.07) is 8.60. The lowest BCUT2D eigenvalue weighted by atomic mass is 10.2. The Morgan fingerprint density at radius 2 is 1.86 bits per heavy atom. The van der Waals surface area contributed by atoms with Crippen LogP contribution in [0.1, 0.15) is 12.8 Å². The highest BCUT2D eigenvalue weighted by Gasteiger charge is 2.20. The van der Waals surface area contributed by atoms with Crippen LogP contribution in [0.3, 0.4) is 0 Å². The topological polar surface area (TPSA) is 15.3 Å². The van der Waals surface area contributed by atoms with Crippen LogP contribution < -0.4 is 10.2 Å². The summed E-state index contributed by atoms with van der Waals surface area (Å²) in [6.07, 6.45) is 2.81. The summed E-state index contributed by atoms with van der Waals surface area (Å²) in [6.45, 7) is 1.14. The van der Waals surface area contributed by atoms with E-state index in [1.807, 2.05) is 0 Å². The number of hydrogen-bond acceptors (Lipinski definition) is 2. The largest absolute Gasteiger partial charge is 0.385 e. The molecule has 2 rings (SSSR count). The van der Waals surface area contributed by atoms with Gasteiger partial charge < -0.3 is 10.2 Å². The second-order valence-corrected chi connectivity index (χ2v) is 4.27. The minimum absolute atomic E-state index is 0.934. The monoisotopic (exact) mass is 190 g/mol. The maximum atomic E-state index is 3.45. The number of rotatable bonds is 4. The molecule has 76 valence electrons. The fourth-order valence-electron chi connectivity index (χ4n) is 1.46. The van der Waals surface area contributed by atoms with Gasteiger partial charge in [-0.05, 0) is 43.0 Å². The quantitative estimate of drug-likeness (QED) is 0.785. The van der Waals surface area contributed by atoms with Crippen LogP contribution in [-0.2, 0) is 0 Å². The molecular formula is C12H18N2. The van der Waals surface area contributed by atoms with Crippen LogP contribution in [0.25, 0.3) is 0 Å². The molecule has 0 atom stereocenters. The van der Waals surface area contributed by atoms with Gasteiger partial charge in [-0.15, -0.1) is 0 Å². The highest BCUT2D eigenvalue weighted by Crippen LogP contribution is 2.29. The van der Waals surface area contributed by atoms with Crippen molar-refractivity contribution >= 4 is 11.4 Å². The minimum Gasteiger partial charge on any atom is -0.385 e. The van der Waals surface area contributed by atoms with Crippen LogP contribution in [0.5, 0.6) is 0 Å². The Hall–Kier alpha value is -1.18. The van der Waals surface area contributed by atoms with Crippen LogP contribution in [0.4, 0.5) is 11.4 Å². The zero-order valence-corrected chi connectivity index (χ0v) is 8.96. The normalized spacial score (nSPS) is 15.3. The van der Waals surface area contributed by atoms with Crippen LogP contribution in [0.15, 0.2) is 24.3 Å². The van der Waals surface area contributed by atoms with Crippen molar-refractivity contribution in [3.05, 3.63) is 24.3 Å². The van der Waals surface area contributed by atoms with Crippen molar-refractivity contribution in [2.75, 3.05) is 30.9 Å². The summed E-state index contributed by atoms with van der Waals surface area (Å²) in [4.78, 5) is 2.12. The smallest absolute Gasteiger partial charge is 0.0362 e. The zero-order valence-electron chi connectivity index (χ0n) is 8.96. The van der Waals surface area contributed by atoms with Gasteiger partial charge in [0, 0.05) is 32.0 Å². The third-order valence-electron chi connectivity index (χ3n) is 2.68. The number of hydrogen-bond donors (Lipinski definition) is 1. The first-order chi connectivity index (χ1) is 6.75. The molecular weight excluding hydrogens is 172 g/mol. The first kappa shape index (κ1) is 9.38. The standard InChI is InChI=1S/C12H18N2/c1-14(2)12-7-5-11(6-8-12)13-9-10-3-4-10/h5-8,10,13H,3-4,9H2,1-2H3. The van der Waals surface area contributed by atoms with Gasteiger partial charge in [-0.25, -0.2) is 0 Å². The van der Waals surface area contributed by atoms with Gasteiger partial charge in [-0.1, -0.05) is 0 Å². The lowest BCUT2D eigenvalue weighted by Gasteiger charge is -2.13. The van der Waals surface area contributed by atoms with Crippen molar-refractivity contribution in [1.29, 1.82) is 0 Å². The average Bonchev–Trinajstić information content (AvgIpc) is 2.99. The van der Waals surface area contributed by atoms with Crippen LogP contribution in [0.2, 0.25) is 0 Å². The third kappa shape index (κ3) is 2.41. The van der Waals surface area contributed by atoms with Crippen LogP contribution >= 0.6 is 0 Å². The molecule has 0 aromatic heterocycles. The van der Waals surface area contributed by atoms with Gasteiger partial charge in [-0.2, -0.15) is 0 Å². The summed E-state index contributed by atoms with van der Waals surface area (Å²) in [5.41, 5.74) is 2.49. The van der Waals surface area contributed by atoms with E-state index in [0.717, 1.165) is 12.5 Å². The minimum atomic E-state index is 0.934. The molecule has 1 aromatic rings. The Morgan fingerprint density at radius 3 is 2.36 bits per heavy atom. The molecule has 14 heavy (non-hydrogen) atoms. The summed E-state index contributed by atoms with van der Waals surface area (Å²) >= 11 is 0. The Labute approximate surface area is 85.9 Å².